The molecule has 6 heteroatoms. The molecule has 1 aromatic heterocycles. The number of fused-ring (bicyclic) bond motifs is 1. The van der Waals surface area contributed by atoms with E-state index in [1.54, 1.807) is 6.08 Å². The van der Waals surface area contributed by atoms with Crippen molar-refractivity contribution >= 4 is 28.3 Å². The molecule has 1 N–H and O–H groups in total. The van der Waals surface area contributed by atoms with Crippen molar-refractivity contribution in [3.63, 3.8) is 0 Å². The number of nitrogens with zero attached hydrogens (tertiary/aromatic N) is 4. The third-order valence-corrected chi connectivity index (χ3v) is 4.08. The van der Waals surface area contributed by atoms with E-state index in [4.69, 9.17) is 4.98 Å². The number of anilines is 2. The van der Waals surface area contributed by atoms with E-state index in [9.17, 15) is 4.79 Å². The zero-order chi connectivity index (χ0) is 19.8. The number of hydrogen-bond acceptors (Lipinski definition) is 5. The topological polar surface area (TPSA) is 61.4 Å². The Morgan fingerprint density at radius 3 is 2.48 bits per heavy atom. The molecule has 0 saturated carbocycles. The molecule has 1 aromatic carbocycles. The van der Waals surface area contributed by atoms with Crippen molar-refractivity contribution in [3.8, 4) is 0 Å². The van der Waals surface area contributed by atoms with Crippen LogP contribution in [0.1, 0.15) is 32.5 Å². The van der Waals surface area contributed by atoms with Gasteiger partial charge in [-0.2, -0.15) is 0 Å². The number of rotatable bonds is 9. The van der Waals surface area contributed by atoms with Gasteiger partial charge in [0.15, 0.2) is 0 Å². The van der Waals surface area contributed by atoms with Gasteiger partial charge in [0.2, 0.25) is 5.91 Å². The van der Waals surface area contributed by atoms with Crippen molar-refractivity contribution in [2.75, 3.05) is 43.9 Å². The predicted molar refractivity (Wildman–Crippen MR) is 113 cm³/mol. The molecule has 0 fully saturated rings. The number of benzene rings is 1. The monoisotopic (exact) mass is 369 g/mol. The molecular formula is C21H31N5O. The van der Waals surface area contributed by atoms with Crippen LogP contribution >= 0.6 is 0 Å². The molecule has 0 aliphatic rings. The second-order valence-electron chi connectivity index (χ2n) is 6.97. The zero-order valence-electron chi connectivity index (χ0n) is 17.1. The van der Waals surface area contributed by atoms with Gasteiger partial charge in [0, 0.05) is 36.8 Å². The summed E-state index contributed by atoms with van der Waals surface area (Å²) in [4.78, 5) is 25.7. The van der Waals surface area contributed by atoms with Crippen LogP contribution < -0.4 is 10.2 Å². The van der Waals surface area contributed by atoms with E-state index < -0.39 is 0 Å². The van der Waals surface area contributed by atoms with Crippen molar-refractivity contribution in [1.29, 1.82) is 0 Å². The van der Waals surface area contributed by atoms with Crippen LogP contribution in [0.4, 0.5) is 11.5 Å². The number of aromatic nitrogens is 2. The van der Waals surface area contributed by atoms with Gasteiger partial charge in [-0.05, 0) is 52.1 Å². The fourth-order valence-corrected chi connectivity index (χ4v) is 2.96. The van der Waals surface area contributed by atoms with Crippen LogP contribution in [-0.2, 0) is 4.79 Å². The minimum atomic E-state index is -0.138. The number of likely N-dealkylation sites (N-methyl/N-ethyl adjacent to an activating group) is 1. The molecule has 0 saturated heterocycles. The maximum absolute atomic E-state index is 12.1. The molecule has 1 amide bonds. The summed E-state index contributed by atoms with van der Waals surface area (Å²) in [6.07, 6.45) is 5.54. The van der Waals surface area contributed by atoms with E-state index in [-0.39, 0.29) is 5.91 Å². The summed E-state index contributed by atoms with van der Waals surface area (Å²) < 4.78 is 0. The van der Waals surface area contributed by atoms with Crippen molar-refractivity contribution in [2.45, 2.75) is 33.6 Å². The Morgan fingerprint density at radius 1 is 1.15 bits per heavy atom. The number of carbonyl (C=O) groups is 1. The normalized spacial score (nSPS) is 11.5. The van der Waals surface area contributed by atoms with E-state index in [0.717, 1.165) is 60.7 Å². The molecule has 2 rings (SSSR count). The minimum absolute atomic E-state index is 0.138. The van der Waals surface area contributed by atoms with E-state index in [2.05, 4.69) is 29.0 Å². The third kappa shape index (κ3) is 6.03. The Hall–Kier alpha value is -2.47. The Labute approximate surface area is 162 Å². The molecule has 27 heavy (non-hydrogen) atoms. The molecule has 146 valence electrons. The van der Waals surface area contributed by atoms with Crippen LogP contribution in [-0.4, -0.2) is 54.5 Å². The van der Waals surface area contributed by atoms with Gasteiger partial charge in [0.25, 0.3) is 0 Å². The highest BCUT2D eigenvalue weighted by Gasteiger charge is 2.13. The summed E-state index contributed by atoms with van der Waals surface area (Å²) in [7, 11) is 3.93. The van der Waals surface area contributed by atoms with Crippen molar-refractivity contribution < 1.29 is 4.79 Å². The molecule has 6 nitrogen and oxygen atoms in total. The van der Waals surface area contributed by atoms with Gasteiger partial charge in [0.05, 0.1) is 5.52 Å². The highest BCUT2D eigenvalue weighted by atomic mass is 16.1. The maximum atomic E-state index is 12.1. The first kappa shape index (κ1) is 20.8. The number of carbonyl (C=O) groups excluding carboxylic acids is 1. The smallest absolute Gasteiger partial charge is 0.248 e. The fraction of sp³-hybridized carbons (Fsp3) is 0.476. The SMILES string of the molecule is CCCN(CCC)c1nc(C)nc2cc(NC(=O)/C=C/CN(C)C)ccc12. The standard InChI is InChI=1S/C21H31N5O/c1-6-12-26(13-7-2)21-18-11-10-17(15-19(18)22-16(3)23-21)24-20(27)9-8-14-25(4)5/h8-11,15H,6-7,12-14H2,1-5H3,(H,24,27)/b9-8+. The summed E-state index contributed by atoms with van der Waals surface area (Å²) in [5, 5.41) is 3.93. The van der Waals surface area contributed by atoms with Gasteiger partial charge < -0.3 is 15.1 Å². The molecule has 1 heterocycles. The first-order valence-corrected chi connectivity index (χ1v) is 9.60. The third-order valence-electron chi connectivity index (χ3n) is 4.08. The maximum Gasteiger partial charge on any atom is 0.248 e. The molecule has 0 unspecified atom stereocenters. The Kier molecular flexibility index (Phi) is 7.73. The lowest BCUT2D eigenvalue weighted by Gasteiger charge is -2.24. The molecule has 0 bridgehead atoms. The van der Waals surface area contributed by atoms with E-state index in [0.29, 0.717) is 0 Å². The van der Waals surface area contributed by atoms with Crippen molar-refractivity contribution in [2.24, 2.45) is 0 Å². The second-order valence-corrected chi connectivity index (χ2v) is 6.97. The van der Waals surface area contributed by atoms with Gasteiger partial charge in [-0.25, -0.2) is 9.97 Å². The average Bonchev–Trinajstić information content (AvgIpc) is 2.60. The van der Waals surface area contributed by atoms with Crippen molar-refractivity contribution in [3.05, 3.63) is 36.2 Å². The van der Waals surface area contributed by atoms with Crippen LogP contribution in [0.3, 0.4) is 0 Å². The second kappa shape index (κ2) is 10.0. The highest BCUT2D eigenvalue weighted by Crippen LogP contribution is 2.27. The Morgan fingerprint density at radius 2 is 1.85 bits per heavy atom. The average molecular weight is 370 g/mol. The lowest BCUT2D eigenvalue weighted by Crippen LogP contribution is -2.26. The van der Waals surface area contributed by atoms with Crippen LogP contribution in [0.15, 0.2) is 30.4 Å². The lowest BCUT2D eigenvalue weighted by molar-refractivity contribution is -0.111. The molecule has 0 aliphatic carbocycles. The number of amides is 1. The van der Waals surface area contributed by atoms with Crippen LogP contribution in [0.2, 0.25) is 0 Å². The molecule has 0 atom stereocenters. The van der Waals surface area contributed by atoms with Gasteiger partial charge in [0.1, 0.15) is 11.6 Å². The zero-order valence-corrected chi connectivity index (χ0v) is 17.1. The van der Waals surface area contributed by atoms with Gasteiger partial charge in [-0.15, -0.1) is 0 Å². The number of aryl methyl sites for hydroxylation is 1. The molecular weight excluding hydrogens is 338 g/mol. The fourth-order valence-electron chi connectivity index (χ4n) is 2.96. The van der Waals surface area contributed by atoms with Crippen LogP contribution in [0.5, 0.6) is 0 Å². The van der Waals surface area contributed by atoms with E-state index in [1.807, 2.05) is 50.2 Å². The summed E-state index contributed by atoms with van der Waals surface area (Å²) in [6, 6.07) is 5.83. The van der Waals surface area contributed by atoms with Crippen LogP contribution in [0, 0.1) is 6.92 Å². The number of nitrogens with one attached hydrogen (secondary N) is 1. The Bertz CT molecular complexity index is 795. The Balaban J connectivity index is 2.29. The largest absolute Gasteiger partial charge is 0.356 e. The lowest BCUT2D eigenvalue weighted by atomic mass is 10.2. The first-order valence-electron chi connectivity index (χ1n) is 9.60. The van der Waals surface area contributed by atoms with E-state index in [1.165, 1.54) is 0 Å². The first-order chi connectivity index (χ1) is 12.9. The molecule has 2 aromatic rings. The summed E-state index contributed by atoms with van der Waals surface area (Å²) in [5.74, 6) is 1.58. The molecule has 0 radical (unpaired) electrons. The summed E-state index contributed by atoms with van der Waals surface area (Å²) >= 11 is 0. The predicted octanol–water partition coefficient (Wildman–Crippen LogP) is 3.62. The van der Waals surface area contributed by atoms with Crippen LogP contribution in [0.25, 0.3) is 10.9 Å². The summed E-state index contributed by atoms with van der Waals surface area (Å²) in [6.45, 7) is 8.93. The molecule has 0 aliphatic heterocycles. The van der Waals surface area contributed by atoms with Gasteiger partial charge >= 0.3 is 0 Å². The number of hydrogen-bond donors (Lipinski definition) is 1. The quantitative estimate of drug-likeness (QED) is 0.684. The minimum Gasteiger partial charge on any atom is -0.356 e. The van der Waals surface area contributed by atoms with Crippen molar-refractivity contribution in [1.82, 2.24) is 14.9 Å². The highest BCUT2D eigenvalue weighted by molar-refractivity contribution is 6.01. The van der Waals surface area contributed by atoms with Gasteiger partial charge in [-0.3, -0.25) is 4.79 Å². The van der Waals surface area contributed by atoms with Gasteiger partial charge in [-0.1, -0.05) is 19.9 Å². The van der Waals surface area contributed by atoms with E-state index >= 15 is 0 Å². The summed E-state index contributed by atoms with van der Waals surface area (Å²) in [5.41, 5.74) is 1.59. The molecule has 0 spiro atoms.